The van der Waals surface area contributed by atoms with Crippen LogP contribution in [-0.2, 0) is 4.74 Å². The van der Waals surface area contributed by atoms with Gasteiger partial charge >= 0.3 is 5.97 Å². The molecule has 0 unspecified atom stereocenters. The second kappa shape index (κ2) is 5.67. The maximum Gasteiger partial charge on any atom is 0.341 e. The molecule has 0 radical (unpaired) electrons. The maximum absolute atomic E-state index is 14.1. The van der Waals surface area contributed by atoms with Gasteiger partial charge in [0.1, 0.15) is 17.1 Å². The molecule has 7 heteroatoms. The van der Waals surface area contributed by atoms with Gasteiger partial charge in [0.2, 0.25) is 0 Å². The van der Waals surface area contributed by atoms with E-state index in [0.29, 0.717) is 5.69 Å². The first-order chi connectivity index (χ1) is 10.2. The minimum absolute atomic E-state index is 0.169. The largest absolute Gasteiger partial charge is 0.456 e. The van der Waals surface area contributed by atoms with Gasteiger partial charge in [-0.25, -0.2) is 9.18 Å². The van der Waals surface area contributed by atoms with Crippen LogP contribution in [0.5, 0.6) is 0 Å². The summed E-state index contributed by atoms with van der Waals surface area (Å²) in [5.41, 5.74) is -0.395. The van der Waals surface area contributed by atoms with Crippen LogP contribution in [0.4, 0.5) is 4.39 Å². The summed E-state index contributed by atoms with van der Waals surface area (Å²) >= 11 is 0. The number of Topliss-reactive ketones (excluding diaryl/α,β-unsaturated/α-hetero) is 1. The zero-order chi connectivity index (χ0) is 16.5. The normalized spacial score (nSPS) is 11.3. The van der Waals surface area contributed by atoms with Gasteiger partial charge in [0.15, 0.2) is 5.78 Å². The van der Waals surface area contributed by atoms with Gasteiger partial charge in [-0.3, -0.25) is 4.79 Å². The van der Waals surface area contributed by atoms with Crippen molar-refractivity contribution in [2.45, 2.75) is 33.3 Å². The number of ketones is 1. The molecule has 22 heavy (non-hydrogen) atoms. The first-order valence-corrected chi connectivity index (χ1v) is 6.64. The van der Waals surface area contributed by atoms with Gasteiger partial charge in [-0.15, -0.1) is 5.10 Å². The number of halogens is 1. The summed E-state index contributed by atoms with van der Waals surface area (Å²) in [5, 5.41) is 7.81. The van der Waals surface area contributed by atoms with Crippen LogP contribution in [0.25, 0.3) is 5.69 Å². The number of rotatable bonds is 3. The second-order valence-corrected chi connectivity index (χ2v) is 5.74. The molecule has 1 heterocycles. The van der Waals surface area contributed by atoms with Crippen LogP contribution < -0.4 is 0 Å². The van der Waals surface area contributed by atoms with E-state index < -0.39 is 17.4 Å². The third kappa shape index (κ3) is 3.55. The second-order valence-electron chi connectivity index (χ2n) is 5.74. The van der Waals surface area contributed by atoms with Crippen molar-refractivity contribution in [1.29, 1.82) is 0 Å². The Morgan fingerprint density at radius 1 is 1.27 bits per heavy atom. The highest BCUT2D eigenvalue weighted by molar-refractivity contribution is 5.91. The Hall–Kier alpha value is -2.57. The zero-order valence-electron chi connectivity index (χ0n) is 12.8. The lowest BCUT2D eigenvalue weighted by atomic mass is 10.1. The summed E-state index contributed by atoms with van der Waals surface area (Å²) in [6.45, 7) is 6.47. The summed E-state index contributed by atoms with van der Waals surface area (Å²) in [7, 11) is 0. The third-order valence-corrected chi connectivity index (χ3v) is 2.65. The van der Waals surface area contributed by atoms with Gasteiger partial charge in [-0.2, -0.15) is 9.90 Å². The molecule has 6 nitrogen and oxygen atoms in total. The van der Waals surface area contributed by atoms with E-state index in [-0.39, 0.29) is 17.0 Å². The minimum atomic E-state index is -0.742. The van der Waals surface area contributed by atoms with E-state index in [1.165, 1.54) is 25.3 Å². The van der Waals surface area contributed by atoms with E-state index in [1.807, 2.05) is 0 Å². The monoisotopic (exact) mass is 305 g/mol. The summed E-state index contributed by atoms with van der Waals surface area (Å²) in [4.78, 5) is 24.2. The van der Waals surface area contributed by atoms with Crippen LogP contribution in [0.3, 0.4) is 0 Å². The molecule has 1 aromatic heterocycles. The van der Waals surface area contributed by atoms with Crippen molar-refractivity contribution < 1.29 is 18.7 Å². The molecule has 0 spiro atoms. The lowest BCUT2D eigenvalue weighted by molar-refractivity contribution is 0.00646. The molecular formula is C15H16FN3O3. The topological polar surface area (TPSA) is 74.1 Å². The number of ether oxygens (including phenoxy) is 1. The van der Waals surface area contributed by atoms with Gasteiger partial charge in [0.25, 0.3) is 0 Å². The van der Waals surface area contributed by atoms with E-state index in [9.17, 15) is 14.0 Å². The number of carbonyl (C=O) groups is 2. The Balaban J connectivity index is 2.29. The van der Waals surface area contributed by atoms with E-state index >= 15 is 0 Å². The van der Waals surface area contributed by atoms with Gasteiger partial charge in [-0.05, 0) is 32.9 Å². The summed E-state index contributed by atoms with van der Waals surface area (Å²) < 4.78 is 19.2. The Labute approximate surface area is 126 Å². The molecule has 116 valence electrons. The summed E-state index contributed by atoms with van der Waals surface area (Å²) in [5.74, 6) is -1.72. The molecule has 0 aliphatic heterocycles. The first-order valence-electron chi connectivity index (χ1n) is 6.64. The smallest absolute Gasteiger partial charge is 0.341 e. The molecular weight excluding hydrogens is 289 g/mol. The van der Waals surface area contributed by atoms with Crippen molar-refractivity contribution >= 4 is 11.8 Å². The van der Waals surface area contributed by atoms with E-state index in [0.717, 1.165) is 10.9 Å². The Morgan fingerprint density at radius 2 is 1.95 bits per heavy atom. The van der Waals surface area contributed by atoms with Gasteiger partial charge in [0.05, 0.1) is 17.4 Å². The number of benzene rings is 1. The van der Waals surface area contributed by atoms with Crippen molar-refractivity contribution in [3.05, 3.63) is 41.5 Å². The average molecular weight is 305 g/mol. The van der Waals surface area contributed by atoms with Crippen LogP contribution in [0.2, 0.25) is 0 Å². The van der Waals surface area contributed by atoms with Crippen molar-refractivity contribution in [2.75, 3.05) is 0 Å². The van der Waals surface area contributed by atoms with Crippen LogP contribution >= 0.6 is 0 Å². The van der Waals surface area contributed by atoms with Crippen LogP contribution in [-0.4, -0.2) is 32.3 Å². The highest BCUT2D eigenvalue weighted by Crippen LogP contribution is 2.17. The molecule has 2 rings (SSSR count). The van der Waals surface area contributed by atoms with E-state index in [4.69, 9.17) is 4.74 Å². The molecule has 1 aromatic carbocycles. The fourth-order valence-electron chi connectivity index (χ4n) is 1.68. The van der Waals surface area contributed by atoms with Crippen LogP contribution in [0.1, 0.15) is 48.5 Å². The standard InChI is InChI=1S/C15H16FN3O3/c1-9(20)13-8-17-19(18-13)10-5-6-11(12(16)7-10)14(21)22-15(2,3)4/h5-8H,1-4H3. The molecule has 0 bridgehead atoms. The molecule has 2 aromatic rings. The number of carbonyl (C=O) groups excluding carboxylic acids is 2. The van der Waals surface area contributed by atoms with Gasteiger partial charge in [0, 0.05) is 13.0 Å². The molecule has 0 fully saturated rings. The maximum atomic E-state index is 14.1. The minimum Gasteiger partial charge on any atom is -0.456 e. The zero-order valence-corrected chi connectivity index (χ0v) is 12.8. The quantitative estimate of drug-likeness (QED) is 0.643. The highest BCUT2D eigenvalue weighted by atomic mass is 19.1. The number of hydrogen-bond donors (Lipinski definition) is 0. The first kappa shape index (κ1) is 15.8. The Morgan fingerprint density at radius 3 is 2.45 bits per heavy atom. The van der Waals surface area contributed by atoms with Crippen molar-refractivity contribution in [1.82, 2.24) is 15.0 Å². The van der Waals surface area contributed by atoms with Crippen molar-refractivity contribution in [3.63, 3.8) is 0 Å². The molecule has 0 N–H and O–H groups in total. The lowest BCUT2D eigenvalue weighted by Gasteiger charge is -2.19. The summed E-state index contributed by atoms with van der Waals surface area (Å²) in [6.07, 6.45) is 1.29. The molecule has 0 aliphatic rings. The fraction of sp³-hybridized carbons (Fsp3) is 0.333. The average Bonchev–Trinajstić information content (AvgIpc) is 2.85. The SMILES string of the molecule is CC(=O)c1cnn(-c2ccc(C(=O)OC(C)(C)C)c(F)c2)n1. The van der Waals surface area contributed by atoms with Gasteiger partial charge < -0.3 is 4.74 Å². The predicted molar refractivity (Wildman–Crippen MR) is 76.5 cm³/mol. The van der Waals surface area contributed by atoms with Crippen LogP contribution in [0, 0.1) is 5.82 Å². The Bertz CT molecular complexity index is 732. The molecule has 0 saturated heterocycles. The number of nitrogens with zero attached hydrogens (tertiary/aromatic N) is 3. The fourth-order valence-corrected chi connectivity index (χ4v) is 1.68. The number of esters is 1. The molecule has 0 atom stereocenters. The van der Waals surface area contributed by atoms with Crippen molar-refractivity contribution in [2.24, 2.45) is 0 Å². The lowest BCUT2D eigenvalue weighted by Crippen LogP contribution is -2.24. The third-order valence-electron chi connectivity index (χ3n) is 2.65. The summed E-state index contributed by atoms with van der Waals surface area (Å²) in [6, 6.07) is 3.89. The molecule has 0 aliphatic carbocycles. The number of hydrogen-bond acceptors (Lipinski definition) is 5. The van der Waals surface area contributed by atoms with Gasteiger partial charge in [-0.1, -0.05) is 0 Å². The molecule has 0 amide bonds. The number of aromatic nitrogens is 3. The van der Waals surface area contributed by atoms with E-state index in [1.54, 1.807) is 20.8 Å². The van der Waals surface area contributed by atoms with Crippen LogP contribution in [0.15, 0.2) is 24.4 Å². The molecule has 0 saturated carbocycles. The Kier molecular flexibility index (Phi) is 4.07. The van der Waals surface area contributed by atoms with Crippen molar-refractivity contribution in [3.8, 4) is 5.69 Å². The predicted octanol–water partition coefficient (Wildman–Crippen LogP) is 2.56. The highest BCUT2D eigenvalue weighted by Gasteiger charge is 2.21. The van der Waals surface area contributed by atoms with E-state index in [2.05, 4.69) is 10.2 Å².